The minimum Gasteiger partial charge on any atom is -0.466 e. The number of likely N-dealkylation sites (tertiary alicyclic amines) is 1. The van der Waals surface area contributed by atoms with Gasteiger partial charge in [0, 0.05) is 19.3 Å². The number of thioether (sulfide) groups is 1. The van der Waals surface area contributed by atoms with Crippen LogP contribution >= 0.6 is 11.8 Å². The van der Waals surface area contributed by atoms with Crippen molar-refractivity contribution in [3.8, 4) is 0 Å². The van der Waals surface area contributed by atoms with E-state index in [-0.39, 0.29) is 11.9 Å². The lowest BCUT2D eigenvalue weighted by molar-refractivity contribution is -0.158. The van der Waals surface area contributed by atoms with Crippen molar-refractivity contribution >= 4 is 23.6 Å². The molecule has 0 radical (unpaired) electrons. The van der Waals surface area contributed by atoms with Gasteiger partial charge in [0.2, 0.25) is 0 Å². The average molecular weight is 413 g/mol. The van der Waals surface area contributed by atoms with Crippen LogP contribution in [-0.2, 0) is 16.0 Å². The molecule has 1 aliphatic rings. The molecule has 154 valence electrons. The van der Waals surface area contributed by atoms with Crippen molar-refractivity contribution in [1.82, 2.24) is 9.88 Å². The summed E-state index contributed by atoms with van der Waals surface area (Å²) in [5.41, 5.74) is 2.14. The second-order valence-corrected chi connectivity index (χ2v) is 8.29. The smallest absolute Gasteiger partial charge is 0.314 e. The molecule has 1 aromatic heterocycles. The maximum atomic E-state index is 13.3. The SMILES string of the molecule is CCOC(=O)[C@@]1(Cc2ccccc2C)CCCN(C(=O)c2cccnc2SC)C1. The van der Waals surface area contributed by atoms with Crippen LogP contribution in [0.5, 0.6) is 0 Å². The quantitative estimate of drug-likeness (QED) is 0.527. The Labute approximate surface area is 176 Å². The monoisotopic (exact) mass is 412 g/mol. The predicted molar refractivity (Wildman–Crippen MR) is 115 cm³/mol. The Morgan fingerprint density at radius 1 is 1.24 bits per heavy atom. The first kappa shape index (κ1) is 21.4. The molecular formula is C23H28N2O3S. The number of pyridine rings is 1. The normalized spacial score (nSPS) is 19.1. The van der Waals surface area contributed by atoms with E-state index in [1.807, 2.05) is 31.4 Å². The number of hydrogen-bond acceptors (Lipinski definition) is 5. The largest absolute Gasteiger partial charge is 0.466 e. The van der Waals surface area contributed by atoms with Crippen molar-refractivity contribution in [1.29, 1.82) is 0 Å². The lowest BCUT2D eigenvalue weighted by atomic mass is 9.74. The zero-order chi connectivity index (χ0) is 20.9. The maximum absolute atomic E-state index is 13.3. The molecule has 0 unspecified atom stereocenters. The van der Waals surface area contributed by atoms with Gasteiger partial charge in [-0.2, -0.15) is 0 Å². The number of carbonyl (C=O) groups excluding carboxylic acids is 2. The number of ether oxygens (including phenoxy) is 1. The minimum atomic E-state index is -0.724. The molecule has 5 nitrogen and oxygen atoms in total. The summed E-state index contributed by atoms with van der Waals surface area (Å²) in [6, 6.07) is 11.7. The van der Waals surface area contributed by atoms with E-state index in [9.17, 15) is 9.59 Å². The summed E-state index contributed by atoms with van der Waals surface area (Å²) in [5.74, 6) is -0.280. The first-order chi connectivity index (χ1) is 14.0. The van der Waals surface area contributed by atoms with Crippen molar-refractivity contribution < 1.29 is 14.3 Å². The minimum absolute atomic E-state index is 0.0689. The molecule has 1 aliphatic heterocycles. The van der Waals surface area contributed by atoms with Crippen LogP contribution in [0.25, 0.3) is 0 Å². The lowest BCUT2D eigenvalue weighted by Crippen LogP contribution is -2.51. The summed E-state index contributed by atoms with van der Waals surface area (Å²) >= 11 is 1.46. The molecule has 6 heteroatoms. The highest BCUT2D eigenvalue weighted by molar-refractivity contribution is 7.98. The van der Waals surface area contributed by atoms with Crippen LogP contribution in [0.1, 0.15) is 41.3 Å². The number of rotatable bonds is 6. The van der Waals surface area contributed by atoms with E-state index in [4.69, 9.17) is 4.74 Å². The predicted octanol–water partition coefficient (Wildman–Crippen LogP) is 4.14. The van der Waals surface area contributed by atoms with Crippen molar-refractivity contribution in [2.75, 3.05) is 26.0 Å². The number of hydrogen-bond donors (Lipinski definition) is 0. The van der Waals surface area contributed by atoms with Crippen molar-refractivity contribution in [3.05, 3.63) is 59.3 Å². The number of amides is 1. The van der Waals surface area contributed by atoms with E-state index in [2.05, 4.69) is 24.0 Å². The van der Waals surface area contributed by atoms with Gasteiger partial charge in [-0.3, -0.25) is 9.59 Å². The van der Waals surface area contributed by atoms with Crippen LogP contribution in [-0.4, -0.2) is 47.7 Å². The van der Waals surface area contributed by atoms with E-state index >= 15 is 0 Å². The molecule has 2 aromatic rings. The first-order valence-electron chi connectivity index (χ1n) is 10.0. The standard InChI is InChI=1S/C23H28N2O3S/c1-4-28-22(27)23(15-18-10-6-5-9-17(18)2)12-8-14-25(16-23)21(26)19-11-7-13-24-20(19)29-3/h5-7,9-11,13H,4,8,12,14-16H2,1-3H3/t23-/m1/s1. The summed E-state index contributed by atoms with van der Waals surface area (Å²) in [7, 11) is 0. The van der Waals surface area contributed by atoms with E-state index < -0.39 is 5.41 Å². The Morgan fingerprint density at radius 2 is 2.03 bits per heavy atom. The van der Waals surface area contributed by atoms with E-state index in [1.54, 1.807) is 17.2 Å². The Kier molecular flexibility index (Phi) is 6.96. The van der Waals surface area contributed by atoms with Gasteiger partial charge in [-0.25, -0.2) is 4.98 Å². The van der Waals surface area contributed by atoms with Crippen LogP contribution in [0.4, 0.5) is 0 Å². The van der Waals surface area contributed by atoms with E-state index in [1.165, 1.54) is 11.8 Å². The Hall–Kier alpha value is -2.34. The molecular weight excluding hydrogens is 384 g/mol. The maximum Gasteiger partial charge on any atom is 0.314 e. The topological polar surface area (TPSA) is 59.5 Å². The Bertz CT molecular complexity index is 886. The average Bonchev–Trinajstić information content (AvgIpc) is 2.75. The Balaban J connectivity index is 1.92. The van der Waals surface area contributed by atoms with Crippen molar-refractivity contribution in [3.63, 3.8) is 0 Å². The van der Waals surface area contributed by atoms with Gasteiger partial charge in [0.15, 0.2) is 0 Å². The van der Waals surface area contributed by atoms with Gasteiger partial charge in [0.05, 0.1) is 17.6 Å². The van der Waals surface area contributed by atoms with Gasteiger partial charge in [-0.05, 0) is 62.6 Å². The zero-order valence-corrected chi connectivity index (χ0v) is 18.1. The second-order valence-electron chi connectivity index (χ2n) is 7.49. The molecule has 1 fully saturated rings. The van der Waals surface area contributed by atoms with E-state index in [0.717, 1.165) is 17.5 Å². The van der Waals surface area contributed by atoms with Gasteiger partial charge in [0.1, 0.15) is 5.03 Å². The summed E-state index contributed by atoms with van der Waals surface area (Å²) in [6.45, 7) is 5.21. The number of nitrogens with zero attached hydrogens (tertiary/aromatic N) is 2. The number of piperidine rings is 1. The number of aromatic nitrogens is 1. The fourth-order valence-electron chi connectivity index (χ4n) is 4.03. The third-order valence-electron chi connectivity index (χ3n) is 5.56. The van der Waals surface area contributed by atoms with Crippen LogP contribution in [0, 0.1) is 12.3 Å². The highest BCUT2D eigenvalue weighted by Gasteiger charge is 2.45. The molecule has 0 bridgehead atoms. The van der Waals surface area contributed by atoms with Crippen molar-refractivity contribution in [2.45, 2.75) is 38.1 Å². The molecule has 0 N–H and O–H groups in total. The zero-order valence-electron chi connectivity index (χ0n) is 17.3. The van der Waals surface area contributed by atoms with E-state index in [0.29, 0.717) is 43.1 Å². The highest BCUT2D eigenvalue weighted by Crippen LogP contribution is 2.37. The number of esters is 1. The molecule has 1 atom stereocenters. The summed E-state index contributed by atoms with van der Waals surface area (Å²) in [5, 5.41) is 0.712. The molecule has 1 aromatic carbocycles. The van der Waals surface area contributed by atoms with Gasteiger partial charge in [-0.15, -0.1) is 11.8 Å². The summed E-state index contributed by atoms with van der Waals surface area (Å²) < 4.78 is 5.48. The van der Waals surface area contributed by atoms with Gasteiger partial charge in [0.25, 0.3) is 5.91 Å². The van der Waals surface area contributed by atoms with Crippen LogP contribution in [0.3, 0.4) is 0 Å². The van der Waals surface area contributed by atoms with Crippen LogP contribution < -0.4 is 0 Å². The summed E-state index contributed by atoms with van der Waals surface area (Å²) in [4.78, 5) is 32.5. The molecule has 1 amide bonds. The number of carbonyl (C=O) groups is 2. The molecule has 3 rings (SSSR count). The molecule has 0 spiro atoms. The van der Waals surface area contributed by atoms with Gasteiger partial charge < -0.3 is 9.64 Å². The molecule has 0 saturated carbocycles. The first-order valence-corrected chi connectivity index (χ1v) is 11.2. The second kappa shape index (κ2) is 9.44. The van der Waals surface area contributed by atoms with Crippen LogP contribution in [0.2, 0.25) is 0 Å². The molecule has 2 heterocycles. The van der Waals surface area contributed by atoms with Gasteiger partial charge in [-0.1, -0.05) is 24.3 Å². The lowest BCUT2D eigenvalue weighted by Gasteiger charge is -2.41. The fourth-order valence-corrected chi connectivity index (χ4v) is 4.57. The molecule has 0 aliphatic carbocycles. The number of benzene rings is 1. The fraction of sp³-hybridized carbons (Fsp3) is 0.435. The third-order valence-corrected chi connectivity index (χ3v) is 6.27. The van der Waals surface area contributed by atoms with Crippen LogP contribution in [0.15, 0.2) is 47.6 Å². The summed E-state index contributed by atoms with van der Waals surface area (Å²) in [6.07, 6.45) is 5.67. The third kappa shape index (κ3) is 4.64. The highest BCUT2D eigenvalue weighted by atomic mass is 32.2. The van der Waals surface area contributed by atoms with Gasteiger partial charge >= 0.3 is 5.97 Å². The molecule has 29 heavy (non-hydrogen) atoms. The van der Waals surface area contributed by atoms with Crippen molar-refractivity contribution in [2.24, 2.45) is 5.41 Å². The number of aryl methyl sites for hydroxylation is 1. The molecule has 1 saturated heterocycles. The Morgan fingerprint density at radius 3 is 2.76 bits per heavy atom.